The fourth-order valence-electron chi connectivity index (χ4n) is 1.26. The summed E-state index contributed by atoms with van der Waals surface area (Å²) in [5.74, 6) is 0. The summed E-state index contributed by atoms with van der Waals surface area (Å²) in [6.07, 6.45) is 4.09. The summed E-state index contributed by atoms with van der Waals surface area (Å²) >= 11 is 1.71. The van der Waals surface area contributed by atoms with E-state index in [1.807, 2.05) is 30.3 Å². The molecule has 0 saturated carbocycles. The summed E-state index contributed by atoms with van der Waals surface area (Å²) in [7, 11) is 0. The first kappa shape index (κ1) is 9.80. The normalized spacial score (nSPS) is 10.9. The maximum Gasteiger partial charge on any atom is 0.0553 e. The molecule has 0 fully saturated rings. The molecule has 76 valence electrons. The van der Waals surface area contributed by atoms with Crippen molar-refractivity contribution in [1.82, 2.24) is 0 Å². The van der Waals surface area contributed by atoms with Gasteiger partial charge in [0.2, 0.25) is 0 Å². The van der Waals surface area contributed by atoms with Crippen molar-refractivity contribution in [3.8, 4) is 0 Å². The molecule has 0 aliphatic carbocycles. The van der Waals surface area contributed by atoms with Crippen LogP contribution in [0.15, 0.2) is 35.7 Å². The van der Waals surface area contributed by atoms with Crippen LogP contribution in [0.5, 0.6) is 0 Å². The van der Waals surface area contributed by atoms with E-state index in [2.05, 4.69) is 17.5 Å². The van der Waals surface area contributed by atoms with Gasteiger partial charge in [-0.05, 0) is 35.2 Å². The van der Waals surface area contributed by atoms with Crippen LogP contribution in [0.4, 0.5) is 11.4 Å². The number of hydrogen-bond donors (Lipinski definition) is 2. The average molecular weight is 216 g/mol. The van der Waals surface area contributed by atoms with Crippen molar-refractivity contribution < 1.29 is 0 Å². The Hall–Kier alpha value is -1.74. The lowest BCUT2D eigenvalue weighted by molar-refractivity contribution is 1.63. The third-order valence-electron chi connectivity index (χ3n) is 2.09. The molecule has 0 bridgehead atoms. The number of benzene rings is 1. The number of anilines is 2. The molecule has 0 amide bonds. The molecule has 0 radical (unpaired) electrons. The Bertz CT molecular complexity index is 472. The molecule has 0 unspecified atom stereocenters. The van der Waals surface area contributed by atoms with Gasteiger partial charge < -0.3 is 11.5 Å². The second-order valence-electron chi connectivity index (χ2n) is 3.24. The minimum Gasteiger partial charge on any atom is -0.397 e. The summed E-state index contributed by atoms with van der Waals surface area (Å²) in [5, 5.41) is 2.05. The lowest BCUT2D eigenvalue weighted by Gasteiger charge is -2.00. The van der Waals surface area contributed by atoms with Crippen LogP contribution >= 0.6 is 11.3 Å². The Labute approximate surface area is 92.8 Å². The van der Waals surface area contributed by atoms with Crippen molar-refractivity contribution in [1.29, 1.82) is 0 Å². The highest BCUT2D eigenvalue weighted by molar-refractivity contribution is 7.10. The molecule has 0 aliphatic heterocycles. The molecule has 3 heteroatoms. The second-order valence-corrected chi connectivity index (χ2v) is 4.22. The van der Waals surface area contributed by atoms with Crippen molar-refractivity contribution in [3.63, 3.8) is 0 Å². The summed E-state index contributed by atoms with van der Waals surface area (Å²) in [6, 6.07) is 9.75. The van der Waals surface area contributed by atoms with E-state index >= 15 is 0 Å². The fraction of sp³-hybridized carbons (Fsp3) is 0. The van der Waals surface area contributed by atoms with Gasteiger partial charge in [-0.2, -0.15) is 0 Å². The second kappa shape index (κ2) is 4.19. The first-order valence-electron chi connectivity index (χ1n) is 4.62. The molecule has 1 aromatic carbocycles. The van der Waals surface area contributed by atoms with Crippen LogP contribution in [0, 0.1) is 0 Å². The van der Waals surface area contributed by atoms with Gasteiger partial charge in [0.1, 0.15) is 0 Å². The first-order valence-corrected chi connectivity index (χ1v) is 5.50. The van der Waals surface area contributed by atoms with Crippen molar-refractivity contribution in [2.24, 2.45) is 0 Å². The van der Waals surface area contributed by atoms with Gasteiger partial charge >= 0.3 is 0 Å². The minimum absolute atomic E-state index is 0.628. The van der Waals surface area contributed by atoms with E-state index < -0.39 is 0 Å². The van der Waals surface area contributed by atoms with E-state index in [0.717, 1.165) is 5.56 Å². The van der Waals surface area contributed by atoms with Gasteiger partial charge in [0, 0.05) is 4.88 Å². The number of rotatable bonds is 2. The van der Waals surface area contributed by atoms with E-state index in [1.54, 1.807) is 11.3 Å². The molecule has 1 heterocycles. The number of hydrogen-bond acceptors (Lipinski definition) is 3. The van der Waals surface area contributed by atoms with Crippen molar-refractivity contribution in [3.05, 3.63) is 46.2 Å². The fourth-order valence-corrected chi connectivity index (χ4v) is 1.88. The van der Waals surface area contributed by atoms with Crippen LogP contribution in [-0.2, 0) is 0 Å². The van der Waals surface area contributed by atoms with Crippen LogP contribution in [0.25, 0.3) is 12.2 Å². The molecule has 15 heavy (non-hydrogen) atoms. The summed E-state index contributed by atoms with van der Waals surface area (Å²) in [6.45, 7) is 0. The van der Waals surface area contributed by atoms with Gasteiger partial charge in [0.05, 0.1) is 11.4 Å². The predicted octanol–water partition coefficient (Wildman–Crippen LogP) is 3.08. The molecule has 2 aromatic rings. The van der Waals surface area contributed by atoms with E-state index in [4.69, 9.17) is 11.5 Å². The van der Waals surface area contributed by atoms with Gasteiger partial charge in [-0.1, -0.05) is 18.2 Å². The van der Waals surface area contributed by atoms with Gasteiger partial charge in [-0.3, -0.25) is 0 Å². The van der Waals surface area contributed by atoms with Gasteiger partial charge in [0.25, 0.3) is 0 Å². The number of nitrogen functional groups attached to an aromatic ring is 2. The highest BCUT2D eigenvalue weighted by atomic mass is 32.1. The monoisotopic (exact) mass is 216 g/mol. The van der Waals surface area contributed by atoms with Crippen LogP contribution < -0.4 is 11.5 Å². The molecule has 2 rings (SSSR count). The lowest BCUT2D eigenvalue weighted by Crippen LogP contribution is -1.93. The molecule has 0 saturated heterocycles. The molecule has 4 N–H and O–H groups in total. The highest BCUT2D eigenvalue weighted by Crippen LogP contribution is 2.18. The Morgan fingerprint density at radius 3 is 2.53 bits per heavy atom. The summed E-state index contributed by atoms with van der Waals surface area (Å²) < 4.78 is 0. The molecule has 0 atom stereocenters. The van der Waals surface area contributed by atoms with Gasteiger partial charge in [0.15, 0.2) is 0 Å². The Balaban J connectivity index is 2.21. The number of thiophene rings is 1. The summed E-state index contributed by atoms with van der Waals surface area (Å²) in [4.78, 5) is 1.23. The quantitative estimate of drug-likeness (QED) is 0.758. The Morgan fingerprint density at radius 1 is 1.00 bits per heavy atom. The van der Waals surface area contributed by atoms with E-state index in [9.17, 15) is 0 Å². The zero-order chi connectivity index (χ0) is 10.7. The van der Waals surface area contributed by atoms with Crippen molar-refractivity contribution >= 4 is 34.9 Å². The van der Waals surface area contributed by atoms with Crippen LogP contribution in [0.3, 0.4) is 0 Å². The standard InChI is InChI=1S/C12H12N2S/c13-11-6-4-9(8-12(11)14)3-5-10-2-1-7-15-10/h1-8H,13-14H2/b5-3+. The lowest BCUT2D eigenvalue weighted by atomic mass is 10.1. The SMILES string of the molecule is Nc1ccc(/C=C/c2cccs2)cc1N. The van der Waals surface area contributed by atoms with Gasteiger partial charge in [-0.25, -0.2) is 0 Å². The maximum absolute atomic E-state index is 5.71. The molecular weight excluding hydrogens is 204 g/mol. The van der Waals surface area contributed by atoms with E-state index in [-0.39, 0.29) is 0 Å². The zero-order valence-electron chi connectivity index (χ0n) is 8.18. The molecule has 1 aromatic heterocycles. The third-order valence-corrected chi connectivity index (χ3v) is 2.93. The Morgan fingerprint density at radius 2 is 1.87 bits per heavy atom. The van der Waals surface area contributed by atoms with E-state index in [0.29, 0.717) is 11.4 Å². The minimum atomic E-state index is 0.628. The van der Waals surface area contributed by atoms with Crippen LogP contribution in [0.2, 0.25) is 0 Å². The molecule has 0 spiro atoms. The van der Waals surface area contributed by atoms with Crippen LogP contribution in [-0.4, -0.2) is 0 Å². The summed E-state index contributed by atoms with van der Waals surface area (Å²) in [5.41, 5.74) is 13.7. The van der Waals surface area contributed by atoms with Crippen molar-refractivity contribution in [2.75, 3.05) is 11.5 Å². The highest BCUT2D eigenvalue weighted by Gasteiger charge is 1.94. The first-order chi connectivity index (χ1) is 7.25. The Kier molecular flexibility index (Phi) is 2.74. The van der Waals surface area contributed by atoms with Crippen LogP contribution in [0.1, 0.15) is 10.4 Å². The maximum atomic E-state index is 5.71. The smallest absolute Gasteiger partial charge is 0.0553 e. The zero-order valence-corrected chi connectivity index (χ0v) is 9.00. The third kappa shape index (κ3) is 2.39. The molecule has 0 aliphatic rings. The average Bonchev–Trinajstić information content (AvgIpc) is 2.73. The largest absolute Gasteiger partial charge is 0.397 e. The molecule has 2 nitrogen and oxygen atoms in total. The van der Waals surface area contributed by atoms with Gasteiger partial charge in [-0.15, -0.1) is 11.3 Å². The molecular formula is C12H12N2S. The topological polar surface area (TPSA) is 52.0 Å². The number of nitrogens with two attached hydrogens (primary N) is 2. The van der Waals surface area contributed by atoms with Crippen molar-refractivity contribution in [2.45, 2.75) is 0 Å². The predicted molar refractivity (Wildman–Crippen MR) is 68.5 cm³/mol. The van der Waals surface area contributed by atoms with E-state index in [1.165, 1.54) is 4.88 Å².